The van der Waals surface area contributed by atoms with E-state index in [0.29, 0.717) is 16.9 Å². The Morgan fingerprint density at radius 1 is 1.45 bits per heavy atom. The molecule has 3 saturated heterocycles. The maximum absolute atomic E-state index is 9.04. The molecule has 1 aromatic rings. The molecule has 4 heteroatoms. The van der Waals surface area contributed by atoms with Gasteiger partial charge in [0, 0.05) is 11.7 Å². The quantitative estimate of drug-likeness (QED) is 0.922. The van der Waals surface area contributed by atoms with Gasteiger partial charge in [0.15, 0.2) is 0 Å². The summed E-state index contributed by atoms with van der Waals surface area (Å²) in [6.45, 7) is 6.73. The lowest BCUT2D eigenvalue weighted by Crippen LogP contribution is -2.47. The van der Waals surface area contributed by atoms with E-state index in [2.05, 4.69) is 43.1 Å². The van der Waals surface area contributed by atoms with Crippen LogP contribution in [0.25, 0.3) is 0 Å². The molecule has 0 amide bonds. The van der Waals surface area contributed by atoms with Gasteiger partial charge in [0.2, 0.25) is 0 Å². The molecule has 3 aliphatic heterocycles. The summed E-state index contributed by atoms with van der Waals surface area (Å²) < 4.78 is 0. The van der Waals surface area contributed by atoms with Crippen molar-refractivity contribution in [3.05, 3.63) is 29.3 Å². The standard InChI is InChI=1S/C16H21N3S/c1-4-12-8-11(9-17)5-6-14(12)19-15-13(7-10(2)3)18-16(19)20-15/h5-6,8,10,13,15-16,18H,4,7H2,1-3H3. The van der Waals surface area contributed by atoms with E-state index in [1.54, 1.807) is 0 Å². The molecular weight excluding hydrogens is 266 g/mol. The summed E-state index contributed by atoms with van der Waals surface area (Å²) in [6, 6.07) is 8.92. The normalized spacial score (nSPS) is 27.6. The van der Waals surface area contributed by atoms with Crippen LogP contribution in [0.4, 0.5) is 5.69 Å². The average Bonchev–Trinajstić information content (AvgIpc) is 2.96. The number of hydrogen-bond acceptors (Lipinski definition) is 4. The van der Waals surface area contributed by atoms with E-state index in [0.717, 1.165) is 17.9 Å². The van der Waals surface area contributed by atoms with E-state index in [1.807, 2.05) is 23.9 Å². The van der Waals surface area contributed by atoms with Gasteiger partial charge in [-0.1, -0.05) is 32.5 Å². The zero-order valence-electron chi connectivity index (χ0n) is 12.3. The minimum Gasteiger partial charge on any atom is -0.333 e. The first-order valence-electron chi connectivity index (χ1n) is 7.37. The Balaban J connectivity index is 1.84. The highest BCUT2D eigenvalue weighted by molar-refractivity contribution is 8.02. The van der Waals surface area contributed by atoms with Crippen LogP contribution in [0.1, 0.15) is 38.3 Å². The van der Waals surface area contributed by atoms with Crippen molar-refractivity contribution in [2.75, 3.05) is 4.90 Å². The molecule has 3 unspecified atom stereocenters. The van der Waals surface area contributed by atoms with Crippen molar-refractivity contribution in [2.45, 2.75) is 50.5 Å². The number of thioether (sulfide) groups is 1. The van der Waals surface area contributed by atoms with Gasteiger partial charge in [0.05, 0.1) is 17.0 Å². The first kappa shape index (κ1) is 13.8. The monoisotopic (exact) mass is 287 g/mol. The molecule has 106 valence electrons. The van der Waals surface area contributed by atoms with Crippen molar-refractivity contribution >= 4 is 17.4 Å². The lowest BCUT2D eigenvalue weighted by Gasteiger charge is -2.42. The van der Waals surface area contributed by atoms with Gasteiger partial charge >= 0.3 is 0 Å². The SMILES string of the molecule is CCc1cc(C#N)ccc1N1C2NC(CC(C)C)C1S2. The van der Waals surface area contributed by atoms with Crippen molar-refractivity contribution in [1.82, 2.24) is 5.32 Å². The molecule has 3 aliphatic rings. The molecule has 0 saturated carbocycles. The van der Waals surface area contributed by atoms with Gasteiger partial charge in [-0.2, -0.15) is 5.26 Å². The fraction of sp³-hybridized carbons (Fsp3) is 0.562. The maximum atomic E-state index is 9.04. The second-order valence-electron chi connectivity index (χ2n) is 6.00. The molecule has 3 nitrogen and oxygen atoms in total. The zero-order chi connectivity index (χ0) is 14.3. The summed E-state index contributed by atoms with van der Waals surface area (Å²) in [6.07, 6.45) is 2.20. The van der Waals surface area contributed by atoms with E-state index >= 15 is 0 Å². The van der Waals surface area contributed by atoms with E-state index in [9.17, 15) is 0 Å². The summed E-state index contributed by atoms with van der Waals surface area (Å²) in [4.78, 5) is 2.50. The highest BCUT2D eigenvalue weighted by Gasteiger charge is 2.52. The largest absolute Gasteiger partial charge is 0.333 e. The molecule has 3 heterocycles. The third-order valence-electron chi connectivity index (χ3n) is 4.09. The van der Waals surface area contributed by atoms with Crippen LogP contribution in [0.3, 0.4) is 0 Å². The van der Waals surface area contributed by atoms with Crippen LogP contribution in [0.15, 0.2) is 18.2 Å². The lowest BCUT2D eigenvalue weighted by atomic mass is 10.0. The molecule has 1 aromatic carbocycles. The Labute approximate surface area is 125 Å². The molecular formula is C16H21N3S. The second kappa shape index (κ2) is 5.31. The minimum absolute atomic E-state index is 0.419. The highest BCUT2D eigenvalue weighted by atomic mass is 32.2. The molecule has 3 atom stereocenters. The zero-order valence-corrected chi connectivity index (χ0v) is 13.1. The number of benzene rings is 1. The Hall–Kier alpha value is -1.18. The summed E-state index contributed by atoms with van der Waals surface area (Å²) in [5, 5.41) is 13.3. The molecule has 4 rings (SSSR count). The molecule has 2 bridgehead atoms. The Morgan fingerprint density at radius 3 is 2.90 bits per heavy atom. The van der Waals surface area contributed by atoms with Gasteiger partial charge in [-0.05, 0) is 42.5 Å². The Kier molecular flexibility index (Phi) is 3.66. The van der Waals surface area contributed by atoms with Crippen LogP contribution < -0.4 is 10.2 Å². The first-order valence-corrected chi connectivity index (χ1v) is 8.31. The van der Waals surface area contributed by atoms with Gasteiger partial charge in [0.1, 0.15) is 5.50 Å². The fourth-order valence-corrected chi connectivity index (χ4v) is 4.60. The fourth-order valence-electron chi connectivity index (χ4n) is 3.15. The molecule has 3 fully saturated rings. The molecule has 1 N–H and O–H groups in total. The van der Waals surface area contributed by atoms with Crippen molar-refractivity contribution in [2.24, 2.45) is 5.92 Å². The van der Waals surface area contributed by atoms with Crippen molar-refractivity contribution in [3.8, 4) is 6.07 Å². The number of rotatable bonds is 4. The molecule has 0 spiro atoms. The lowest BCUT2D eigenvalue weighted by molar-refractivity contribution is 0.476. The summed E-state index contributed by atoms with van der Waals surface area (Å²) in [5.41, 5.74) is 3.77. The minimum atomic E-state index is 0.419. The van der Waals surface area contributed by atoms with Crippen LogP contribution in [-0.2, 0) is 6.42 Å². The van der Waals surface area contributed by atoms with Gasteiger partial charge in [-0.25, -0.2) is 0 Å². The molecule has 0 radical (unpaired) electrons. The van der Waals surface area contributed by atoms with Crippen molar-refractivity contribution in [3.63, 3.8) is 0 Å². The van der Waals surface area contributed by atoms with E-state index in [1.165, 1.54) is 17.7 Å². The Morgan fingerprint density at radius 2 is 2.25 bits per heavy atom. The molecule has 0 aliphatic carbocycles. The van der Waals surface area contributed by atoms with Crippen molar-refractivity contribution in [1.29, 1.82) is 5.26 Å². The van der Waals surface area contributed by atoms with Gasteiger partial charge < -0.3 is 4.90 Å². The van der Waals surface area contributed by atoms with Crippen LogP contribution in [0.2, 0.25) is 0 Å². The smallest absolute Gasteiger partial charge is 0.131 e. The number of anilines is 1. The highest BCUT2D eigenvalue weighted by Crippen LogP contribution is 2.49. The predicted octanol–water partition coefficient (Wildman–Crippen LogP) is 3.30. The van der Waals surface area contributed by atoms with E-state index in [-0.39, 0.29) is 0 Å². The third-order valence-corrected chi connectivity index (χ3v) is 5.54. The Bertz CT molecular complexity index is 549. The number of nitrogens with one attached hydrogen (secondary N) is 1. The summed E-state index contributed by atoms with van der Waals surface area (Å²) >= 11 is 2.03. The summed E-state index contributed by atoms with van der Waals surface area (Å²) in [7, 11) is 0. The van der Waals surface area contributed by atoms with Gasteiger partial charge in [-0.15, -0.1) is 0 Å². The van der Waals surface area contributed by atoms with Crippen LogP contribution in [0, 0.1) is 17.2 Å². The van der Waals surface area contributed by atoms with Crippen LogP contribution in [-0.4, -0.2) is 16.9 Å². The third kappa shape index (κ3) is 2.19. The van der Waals surface area contributed by atoms with Gasteiger partial charge in [-0.3, -0.25) is 5.32 Å². The van der Waals surface area contributed by atoms with E-state index < -0.39 is 0 Å². The number of nitriles is 1. The topological polar surface area (TPSA) is 39.1 Å². The second-order valence-corrected chi connectivity index (χ2v) is 7.20. The maximum Gasteiger partial charge on any atom is 0.131 e. The van der Waals surface area contributed by atoms with E-state index in [4.69, 9.17) is 5.26 Å². The number of fused-ring (bicyclic) bond motifs is 1. The molecule has 0 aromatic heterocycles. The number of hydrogen-bond donors (Lipinski definition) is 1. The average molecular weight is 287 g/mol. The molecule has 20 heavy (non-hydrogen) atoms. The first-order chi connectivity index (χ1) is 9.63. The summed E-state index contributed by atoms with van der Waals surface area (Å²) in [5.74, 6) is 0.723. The number of nitrogens with zero attached hydrogens (tertiary/aromatic N) is 2. The van der Waals surface area contributed by atoms with Crippen LogP contribution in [0.5, 0.6) is 0 Å². The number of aryl methyl sites for hydroxylation is 1. The van der Waals surface area contributed by atoms with Crippen molar-refractivity contribution < 1.29 is 0 Å². The predicted molar refractivity (Wildman–Crippen MR) is 84.6 cm³/mol. The van der Waals surface area contributed by atoms with Crippen LogP contribution >= 0.6 is 11.8 Å². The van der Waals surface area contributed by atoms with Gasteiger partial charge in [0.25, 0.3) is 0 Å².